The van der Waals surface area contributed by atoms with Crippen LogP contribution in [0.2, 0.25) is 0 Å². The van der Waals surface area contributed by atoms with E-state index >= 15 is 0 Å². The quantitative estimate of drug-likeness (QED) is 0.121. The zero-order valence-electron chi connectivity index (χ0n) is 40.7. The van der Waals surface area contributed by atoms with Gasteiger partial charge in [-0.1, -0.05) is 158 Å². The van der Waals surface area contributed by atoms with Crippen molar-refractivity contribution < 1.29 is 0 Å². The first-order valence-corrected chi connectivity index (χ1v) is 25.2. The molecule has 0 heterocycles. The van der Waals surface area contributed by atoms with Crippen LogP contribution in [0.15, 0.2) is 303 Å². The van der Waals surface area contributed by atoms with Crippen molar-refractivity contribution in [1.29, 1.82) is 0 Å². The van der Waals surface area contributed by atoms with Crippen LogP contribution in [-0.4, -0.2) is 0 Å². The first kappa shape index (κ1) is 44.1. The highest BCUT2D eigenvalue weighted by Crippen LogP contribution is 2.44. The molecule has 0 amide bonds. The zero-order chi connectivity index (χ0) is 49.2. The minimum Gasteiger partial charge on any atom is -0.310 e. The number of hydrogen-bond acceptors (Lipinski definition) is 4. The zero-order valence-corrected chi connectivity index (χ0v) is 40.7. The summed E-state index contributed by atoms with van der Waals surface area (Å²) < 4.78 is 0. The Kier molecular flexibility index (Phi) is 11.5. The topological polar surface area (TPSA) is 13.0 Å². The average molecular weight is 947 g/mol. The van der Waals surface area contributed by atoms with Gasteiger partial charge in [0.05, 0.1) is 0 Å². The number of benzene rings is 13. The molecular formula is C70H50N4. The number of nitrogens with zero attached hydrogens (tertiary/aromatic N) is 4. The fraction of sp³-hybridized carbons (Fsp3) is 0. The highest BCUT2D eigenvalue weighted by atomic mass is 15.2. The SMILES string of the molecule is c1ccc(N(c2ccc(N(c3ccc(N(c4ccccc4)c4ccc5ccccc5c4)cc3)c3ccc(N(c4ccc5ccccc5c4)c4ccc5ccccc5c4)cc3)cc2)c2ccc3ccccc3c2)cc1. The van der Waals surface area contributed by atoms with E-state index in [1.165, 1.54) is 43.1 Å². The fourth-order valence-corrected chi connectivity index (χ4v) is 10.5. The van der Waals surface area contributed by atoms with Gasteiger partial charge in [-0.15, -0.1) is 0 Å². The summed E-state index contributed by atoms with van der Waals surface area (Å²) in [4.78, 5) is 9.40. The number of rotatable bonds is 12. The van der Waals surface area contributed by atoms with Crippen molar-refractivity contribution in [3.63, 3.8) is 0 Å². The van der Waals surface area contributed by atoms with E-state index < -0.39 is 0 Å². The molecule has 0 radical (unpaired) electrons. The van der Waals surface area contributed by atoms with Gasteiger partial charge in [-0.25, -0.2) is 0 Å². The Balaban J connectivity index is 0.925. The molecule has 13 rings (SSSR count). The molecule has 0 N–H and O–H groups in total. The second kappa shape index (κ2) is 19.4. The fourth-order valence-electron chi connectivity index (χ4n) is 10.5. The van der Waals surface area contributed by atoms with Crippen LogP contribution in [0.4, 0.5) is 68.2 Å². The minimum atomic E-state index is 1.04. The molecule has 74 heavy (non-hydrogen) atoms. The molecule has 0 aliphatic carbocycles. The molecule has 0 aliphatic heterocycles. The van der Waals surface area contributed by atoms with Gasteiger partial charge in [0.15, 0.2) is 0 Å². The Morgan fingerprint density at radius 1 is 0.122 bits per heavy atom. The Labute approximate surface area is 432 Å². The lowest BCUT2D eigenvalue weighted by Crippen LogP contribution is -2.14. The van der Waals surface area contributed by atoms with Crippen LogP contribution in [0.25, 0.3) is 43.1 Å². The third-order valence-corrected chi connectivity index (χ3v) is 14.1. The standard InChI is InChI=1S/C70H50N4/c1-3-23-59(24-4-1)72(67-31-27-51-15-7-11-19-55(51)47-67)64-41-35-61(36-42-64)71(62-37-43-65(44-38-62)73(60-25-5-2-6-26-60)68-32-28-52-16-8-12-20-56(52)48-68)63-39-45-66(46-40-63)74(69-33-29-53-17-9-13-21-57(53)49-69)70-34-30-54-18-10-14-22-58(54)50-70/h1-50H. The van der Waals surface area contributed by atoms with Crippen LogP contribution in [0.3, 0.4) is 0 Å². The molecule has 0 unspecified atom stereocenters. The van der Waals surface area contributed by atoms with E-state index in [-0.39, 0.29) is 0 Å². The van der Waals surface area contributed by atoms with Gasteiger partial charge in [0.25, 0.3) is 0 Å². The van der Waals surface area contributed by atoms with Crippen LogP contribution in [0, 0.1) is 0 Å². The minimum absolute atomic E-state index is 1.04. The lowest BCUT2D eigenvalue weighted by atomic mass is 10.1. The second-order valence-corrected chi connectivity index (χ2v) is 18.7. The van der Waals surface area contributed by atoms with Crippen LogP contribution in [0.5, 0.6) is 0 Å². The van der Waals surface area contributed by atoms with Gasteiger partial charge in [-0.05, 0) is 189 Å². The van der Waals surface area contributed by atoms with Gasteiger partial charge in [0.1, 0.15) is 0 Å². The van der Waals surface area contributed by atoms with Crippen LogP contribution >= 0.6 is 0 Å². The molecule has 0 saturated carbocycles. The van der Waals surface area contributed by atoms with Gasteiger partial charge in [0.2, 0.25) is 0 Å². The molecule has 0 aromatic heterocycles. The monoisotopic (exact) mass is 946 g/mol. The van der Waals surface area contributed by atoms with E-state index in [4.69, 9.17) is 0 Å². The maximum Gasteiger partial charge on any atom is 0.0468 e. The van der Waals surface area contributed by atoms with Gasteiger partial charge in [-0.3, -0.25) is 0 Å². The van der Waals surface area contributed by atoms with E-state index in [1.54, 1.807) is 0 Å². The maximum absolute atomic E-state index is 2.37. The molecule has 350 valence electrons. The van der Waals surface area contributed by atoms with E-state index in [2.05, 4.69) is 323 Å². The average Bonchev–Trinajstić information content (AvgIpc) is 3.47. The first-order valence-electron chi connectivity index (χ1n) is 25.2. The molecule has 0 aliphatic rings. The van der Waals surface area contributed by atoms with Crippen molar-refractivity contribution >= 4 is 111 Å². The predicted octanol–water partition coefficient (Wildman–Crippen LogP) is 20.2. The van der Waals surface area contributed by atoms with E-state index in [0.717, 1.165) is 68.2 Å². The number of hydrogen-bond donors (Lipinski definition) is 0. The molecule has 4 heteroatoms. The normalized spacial score (nSPS) is 11.2. The number of fused-ring (bicyclic) bond motifs is 4. The van der Waals surface area contributed by atoms with Crippen LogP contribution in [0.1, 0.15) is 0 Å². The molecule has 0 spiro atoms. The highest BCUT2D eigenvalue weighted by Gasteiger charge is 2.20. The van der Waals surface area contributed by atoms with E-state index in [9.17, 15) is 0 Å². The number of anilines is 12. The molecule has 4 nitrogen and oxygen atoms in total. The summed E-state index contributed by atoms with van der Waals surface area (Å²) in [5.74, 6) is 0. The van der Waals surface area contributed by atoms with Crippen molar-refractivity contribution in [2.45, 2.75) is 0 Å². The highest BCUT2D eigenvalue weighted by molar-refractivity contribution is 5.95. The molecule has 13 aromatic rings. The van der Waals surface area contributed by atoms with Crippen molar-refractivity contribution in [3.05, 3.63) is 303 Å². The Bertz CT molecular complexity index is 3840. The molecule has 13 aromatic carbocycles. The molecule has 0 bridgehead atoms. The summed E-state index contributed by atoms with van der Waals surface area (Å²) in [6, 6.07) is 109. The van der Waals surface area contributed by atoms with Gasteiger partial charge in [-0.2, -0.15) is 0 Å². The molecule has 0 saturated heterocycles. The smallest absolute Gasteiger partial charge is 0.0468 e. The third-order valence-electron chi connectivity index (χ3n) is 14.1. The third kappa shape index (κ3) is 8.61. The van der Waals surface area contributed by atoms with Crippen LogP contribution < -0.4 is 19.6 Å². The van der Waals surface area contributed by atoms with Gasteiger partial charge >= 0.3 is 0 Å². The van der Waals surface area contributed by atoms with E-state index in [0.29, 0.717) is 0 Å². The summed E-state index contributed by atoms with van der Waals surface area (Å²) in [7, 11) is 0. The number of para-hydroxylation sites is 2. The Morgan fingerprint density at radius 2 is 0.284 bits per heavy atom. The lowest BCUT2D eigenvalue weighted by molar-refractivity contribution is 1.24. The first-order chi connectivity index (χ1) is 36.7. The predicted molar refractivity (Wildman–Crippen MR) is 315 cm³/mol. The lowest BCUT2D eigenvalue weighted by Gasteiger charge is -2.30. The second-order valence-electron chi connectivity index (χ2n) is 18.7. The van der Waals surface area contributed by atoms with Crippen LogP contribution in [-0.2, 0) is 0 Å². The van der Waals surface area contributed by atoms with Gasteiger partial charge in [0, 0.05) is 68.2 Å². The van der Waals surface area contributed by atoms with Crippen molar-refractivity contribution in [3.8, 4) is 0 Å². The molecule has 0 atom stereocenters. The summed E-state index contributed by atoms with van der Waals surface area (Å²) in [6.07, 6.45) is 0. The summed E-state index contributed by atoms with van der Waals surface area (Å²) in [5.41, 5.74) is 12.9. The van der Waals surface area contributed by atoms with E-state index in [1.807, 2.05) is 0 Å². The summed E-state index contributed by atoms with van der Waals surface area (Å²) in [5, 5.41) is 9.66. The van der Waals surface area contributed by atoms with Gasteiger partial charge < -0.3 is 19.6 Å². The molecular weight excluding hydrogens is 897 g/mol. The summed E-state index contributed by atoms with van der Waals surface area (Å²) in [6.45, 7) is 0. The Morgan fingerprint density at radius 3 is 0.527 bits per heavy atom. The van der Waals surface area contributed by atoms with Crippen molar-refractivity contribution in [2.24, 2.45) is 0 Å². The molecule has 0 fully saturated rings. The summed E-state index contributed by atoms with van der Waals surface area (Å²) >= 11 is 0. The Hall–Kier alpha value is -9.90. The largest absolute Gasteiger partial charge is 0.310 e. The maximum atomic E-state index is 2.37. The van der Waals surface area contributed by atoms with Crippen molar-refractivity contribution in [2.75, 3.05) is 19.6 Å². The van der Waals surface area contributed by atoms with Crippen molar-refractivity contribution in [1.82, 2.24) is 0 Å².